The van der Waals surface area contributed by atoms with Gasteiger partial charge in [0.25, 0.3) is 0 Å². The topological polar surface area (TPSA) is 33.1 Å². The minimum atomic E-state index is -0.219. The number of aliphatic hydroxyl groups excluding tert-OH is 1. The first kappa shape index (κ1) is 10.2. The minimum Gasteiger partial charge on any atom is -0.393 e. The van der Waals surface area contributed by atoms with Gasteiger partial charge in [0, 0.05) is 11.9 Å². The van der Waals surface area contributed by atoms with Gasteiger partial charge in [-0.2, -0.15) is 0 Å². The molecule has 1 aromatic heterocycles. The van der Waals surface area contributed by atoms with Crippen molar-refractivity contribution >= 4 is 0 Å². The fourth-order valence-corrected chi connectivity index (χ4v) is 1.16. The lowest BCUT2D eigenvalue weighted by molar-refractivity contribution is 0.130. The van der Waals surface area contributed by atoms with E-state index in [1.165, 1.54) is 0 Å². The Kier molecular flexibility index (Phi) is 3.90. The lowest BCUT2D eigenvalue weighted by atomic mass is 9.99. The maximum absolute atomic E-state index is 9.28. The van der Waals surface area contributed by atoms with Gasteiger partial charge in [-0.05, 0) is 37.8 Å². The van der Waals surface area contributed by atoms with E-state index in [-0.39, 0.29) is 6.10 Å². The van der Waals surface area contributed by atoms with E-state index in [0.717, 1.165) is 18.5 Å². The van der Waals surface area contributed by atoms with Crippen LogP contribution in [0.3, 0.4) is 0 Å². The highest BCUT2D eigenvalue weighted by molar-refractivity contribution is 5.03. The van der Waals surface area contributed by atoms with Crippen LogP contribution in [0.15, 0.2) is 24.4 Å². The standard InChI is InChI=1S/C11H17NO/c1-9(10(2)13)6-7-11-5-3-4-8-12-11/h3-5,8-10,13H,6-7H2,1-2H3. The number of aryl methyl sites for hydroxylation is 1. The second-order valence-corrected chi connectivity index (χ2v) is 3.58. The van der Waals surface area contributed by atoms with Crippen LogP contribution in [0.1, 0.15) is 26.0 Å². The number of hydrogen-bond donors (Lipinski definition) is 1. The van der Waals surface area contributed by atoms with Crippen molar-refractivity contribution in [1.29, 1.82) is 0 Å². The Morgan fingerprint density at radius 2 is 2.15 bits per heavy atom. The molecule has 2 atom stereocenters. The number of nitrogens with zero attached hydrogens (tertiary/aromatic N) is 1. The molecule has 0 aliphatic heterocycles. The molecule has 0 saturated carbocycles. The molecule has 0 aliphatic rings. The Balaban J connectivity index is 2.35. The van der Waals surface area contributed by atoms with Gasteiger partial charge in [0.05, 0.1) is 6.10 Å². The summed E-state index contributed by atoms with van der Waals surface area (Å²) in [5.74, 6) is 0.349. The van der Waals surface area contributed by atoms with Gasteiger partial charge < -0.3 is 5.11 Å². The molecule has 0 aromatic carbocycles. The minimum absolute atomic E-state index is 0.219. The fraction of sp³-hybridized carbons (Fsp3) is 0.545. The lowest BCUT2D eigenvalue weighted by Gasteiger charge is -2.13. The van der Waals surface area contributed by atoms with Gasteiger partial charge in [0.15, 0.2) is 0 Å². The van der Waals surface area contributed by atoms with Gasteiger partial charge >= 0.3 is 0 Å². The van der Waals surface area contributed by atoms with Crippen LogP contribution in [-0.4, -0.2) is 16.2 Å². The summed E-state index contributed by atoms with van der Waals surface area (Å²) in [6, 6.07) is 5.94. The summed E-state index contributed by atoms with van der Waals surface area (Å²) in [6.45, 7) is 3.90. The van der Waals surface area contributed by atoms with E-state index in [2.05, 4.69) is 11.9 Å². The molecule has 0 amide bonds. The SMILES string of the molecule is CC(O)C(C)CCc1ccccn1. The van der Waals surface area contributed by atoms with Crippen LogP contribution in [0.5, 0.6) is 0 Å². The second-order valence-electron chi connectivity index (χ2n) is 3.58. The van der Waals surface area contributed by atoms with E-state index < -0.39 is 0 Å². The van der Waals surface area contributed by atoms with Gasteiger partial charge in [-0.25, -0.2) is 0 Å². The van der Waals surface area contributed by atoms with Crippen molar-refractivity contribution in [2.24, 2.45) is 5.92 Å². The van der Waals surface area contributed by atoms with Crippen LogP contribution in [0.25, 0.3) is 0 Å². The molecule has 0 bridgehead atoms. The third-order valence-corrected chi connectivity index (χ3v) is 2.41. The molecule has 2 nitrogen and oxygen atoms in total. The van der Waals surface area contributed by atoms with Gasteiger partial charge in [0.1, 0.15) is 0 Å². The quantitative estimate of drug-likeness (QED) is 0.767. The van der Waals surface area contributed by atoms with Crippen molar-refractivity contribution in [3.63, 3.8) is 0 Å². The summed E-state index contributed by atoms with van der Waals surface area (Å²) >= 11 is 0. The van der Waals surface area contributed by atoms with Crippen molar-refractivity contribution < 1.29 is 5.11 Å². The fourth-order valence-electron chi connectivity index (χ4n) is 1.16. The molecule has 72 valence electrons. The zero-order chi connectivity index (χ0) is 9.68. The molecule has 2 unspecified atom stereocenters. The Hall–Kier alpha value is -0.890. The molecule has 0 spiro atoms. The zero-order valence-corrected chi connectivity index (χ0v) is 8.27. The first-order valence-corrected chi connectivity index (χ1v) is 4.78. The van der Waals surface area contributed by atoms with Crippen LogP contribution in [0.4, 0.5) is 0 Å². The van der Waals surface area contributed by atoms with Crippen molar-refractivity contribution in [1.82, 2.24) is 4.98 Å². The molecule has 1 rings (SSSR count). The largest absolute Gasteiger partial charge is 0.393 e. The van der Waals surface area contributed by atoms with Crippen molar-refractivity contribution in [3.05, 3.63) is 30.1 Å². The van der Waals surface area contributed by atoms with Crippen molar-refractivity contribution in [2.45, 2.75) is 32.8 Å². The number of rotatable bonds is 4. The van der Waals surface area contributed by atoms with Crippen LogP contribution >= 0.6 is 0 Å². The first-order chi connectivity index (χ1) is 6.20. The van der Waals surface area contributed by atoms with Gasteiger partial charge in [-0.15, -0.1) is 0 Å². The van der Waals surface area contributed by atoms with Gasteiger partial charge in [0.2, 0.25) is 0 Å². The highest BCUT2D eigenvalue weighted by Gasteiger charge is 2.08. The van der Waals surface area contributed by atoms with Crippen molar-refractivity contribution in [2.75, 3.05) is 0 Å². The Labute approximate surface area is 79.6 Å². The molecule has 1 aromatic rings. The Morgan fingerprint density at radius 1 is 1.38 bits per heavy atom. The summed E-state index contributed by atoms with van der Waals surface area (Å²) in [7, 11) is 0. The highest BCUT2D eigenvalue weighted by Crippen LogP contribution is 2.10. The molecule has 13 heavy (non-hydrogen) atoms. The number of pyridine rings is 1. The Morgan fingerprint density at radius 3 is 2.69 bits per heavy atom. The van der Waals surface area contributed by atoms with Crippen LogP contribution in [0.2, 0.25) is 0 Å². The molecule has 0 aliphatic carbocycles. The van der Waals surface area contributed by atoms with E-state index in [9.17, 15) is 5.11 Å². The van der Waals surface area contributed by atoms with Gasteiger partial charge in [-0.1, -0.05) is 13.0 Å². The van der Waals surface area contributed by atoms with E-state index in [0.29, 0.717) is 5.92 Å². The molecule has 0 fully saturated rings. The molecule has 1 N–H and O–H groups in total. The normalized spacial score (nSPS) is 15.3. The first-order valence-electron chi connectivity index (χ1n) is 4.78. The highest BCUT2D eigenvalue weighted by atomic mass is 16.3. The summed E-state index contributed by atoms with van der Waals surface area (Å²) < 4.78 is 0. The summed E-state index contributed by atoms with van der Waals surface area (Å²) in [4.78, 5) is 4.23. The van der Waals surface area contributed by atoms with Crippen LogP contribution in [-0.2, 0) is 6.42 Å². The average Bonchev–Trinajstić information content (AvgIpc) is 2.15. The maximum Gasteiger partial charge on any atom is 0.0537 e. The van der Waals surface area contributed by atoms with E-state index in [1.54, 1.807) is 0 Å². The summed E-state index contributed by atoms with van der Waals surface area (Å²) in [5, 5.41) is 9.28. The summed E-state index contributed by atoms with van der Waals surface area (Å²) in [5.41, 5.74) is 1.11. The smallest absolute Gasteiger partial charge is 0.0537 e. The molecule has 0 saturated heterocycles. The van der Waals surface area contributed by atoms with Gasteiger partial charge in [-0.3, -0.25) is 4.98 Å². The maximum atomic E-state index is 9.28. The Bertz CT molecular complexity index is 233. The number of hydrogen-bond acceptors (Lipinski definition) is 2. The molecular formula is C11H17NO. The molecule has 2 heteroatoms. The monoisotopic (exact) mass is 179 g/mol. The zero-order valence-electron chi connectivity index (χ0n) is 8.27. The predicted molar refractivity (Wildman–Crippen MR) is 53.4 cm³/mol. The van der Waals surface area contributed by atoms with E-state index in [4.69, 9.17) is 0 Å². The van der Waals surface area contributed by atoms with E-state index >= 15 is 0 Å². The molecule has 1 heterocycles. The third-order valence-electron chi connectivity index (χ3n) is 2.41. The third kappa shape index (κ3) is 3.55. The molecular weight excluding hydrogens is 162 g/mol. The van der Waals surface area contributed by atoms with Crippen LogP contribution < -0.4 is 0 Å². The number of aliphatic hydroxyl groups is 1. The number of aromatic nitrogens is 1. The molecule has 0 radical (unpaired) electrons. The van der Waals surface area contributed by atoms with E-state index in [1.807, 2.05) is 31.3 Å². The predicted octanol–water partition coefficient (Wildman–Crippen LogP) is 2.03. The lowest BCUT2D eigenvalue weighted by Crippen LogP contribution is -2.13. The summed E-state index contributed by atoms with van der Waals surface area (Å²) in [6.07, 6.45) is 3.54. The average molecular weight is 179 g/mol. The second kappa shape index (κ2) is 4.97. The van der Waals surface area contributed by atoms with Crippen LogP contribution in [0, 0.1) is 5.92 Å². The van der Waals surface area contributed by atoms with Crippen molar-refractivity contribution in [3.8, 4) is 0 Å².